The van der Waals surface area contributed by atoms with Crippen LogP contribution in [0.4, 0.5) is 5.69 Å². The fourth-order valence-corrected chi connectivity index (χ4v) is 5.53. The average molecular weight is 504 g/mol. The molecule has 2 aromatic carbocycles. The quantitative estimate of drug-likeness (QED) is 0.385. The van der Waals surface area contributed by atoms with Crippen molar-refractivity contribution in [2.45, 2.75) is 49.3 Å². The summed E-state index contributed by atoms with van der Waals surface area (Å²) in [4.78, 5) is 28.3. The number of thioether (sulfide) groups is 1. The van der Waals surface area contributed by atoms with Crippen molar-refractivity contribution in [3.05, 3.63) is 53.6 Å². The number of piperidine rings is 1. The van der Waals surface area contributed by atoms with Crippen LogP contribution in [-0.2, 0) is 10.0 Å². The second-order valence-electron chi connectivity index (χ2n) is 8.60. The molecule has 2 N–H and O–H groups in total. The first-order chi connectivity index (χ1) is 16.3. The van der Waals surface area contributed by atoms with Gasteiger partial charge in [0.15, 0.2) is 0 Å². The Balaban J connectivity index is 1.87. The summed E-state index contributed by atoms with van der Waals surface area (Å²) in [6.45, 7) is 6.07. The number of rotatable bonds is 9. The topological polar surface area (TPSA) is 95.6 Å². The average Bonchev–Trinajstić information content (AvgIpc) is 2.84. The predicted octanol–water partition coefficient (Wildman–Crippen LogP) is 4.61. The first-order valence-corrected chi connectivity index (χ1v) is 14.3. The summed E-state index contributed by atoms with van der Waals surface area (Å²) >= 11 is 1.41. The molecule has 184 valence electrons. The molecule has 0 radical (unpaired) electrons. The lowest BCUT2D eigenvalue weighted by molar-refractivity contribution is 0.0693. The van der Waals surface area contributed by atoms with Crippen LogP contribution in [0.3, 0.4) is 0 Å². The van der Waals surface area contributed by atoms with E-state index < -0.39 is 10.0 Å². The first kappa shape index (κ1) is 26.1. The third-order valence-corrected chi connectivity index (χ3v) is 8.17. The van der Waals surface area contributed by atoms with Crippen LogP contribution in [0.5, 0.6) is 0 Å². The van der Waals surface area contributed by atoms with Gasteiger partial charge in [-0.1, -0.05) is 32.4 Å². The monoisotopic (exact) mass is 503 g/mol. The van der Waals surface area contributed by atoms with E-state index in [1.165, 1.54) is 23.9 Å². The van der Waals surface area contributed by atoms with Gasteiger partial charge in [0.05, 0.1) is 21.7 Å². The molecule has 9 heteroatoms. The van der Waals surface area contributed by atoms with Gasteiger partial charge in [0.25, 0.3) is 21.8 Å². The van der Waals surface area contributed by atoms with Crippen molar-refractivity contribution in [2.75, 3.05) is 30.6 Å². The van der Waals surface area contributed by atoms with Crippen LogP contribution in [-0.4, -0.2) is 51.0 Å². The number of carbonyl (C=O) groups is 2. The van der Waals surface area contributed by atoms with Gasteiger partial charge in [0, 0.05) is 24.5 Å². The highest BCUT2D eigenvalue weighted by atomic mass is 32.2. The summed E-state index contributed by atoms with van der Waals surface area (Å²) in [5, 5.41) is 2.82. The molecule has 1 saturated heterocycles. The minimum Gasteiger partial charge on any atom is -0.352 e. The summed E-state index contributed by atoms with van der Waals surface area (Å²) in [7, 11) is -4.03. The number of anilines is 1. The molecule has 0 aromatic heterocycles. The Morgan fingerprint density at radius 3 is 2.47 bits per heavy atom. The highest BCUT2D eigenvalue weighted by molar-refractivity contribution is 7.98. The number of hydrogen-bond acceptors (Lipinski definition) is 5. The number of sulfonamides is 1. The Kier molecular flexibility index (Phi) is 9.02. The van der Waals surface area contributed by atoms with Gasteiger partial charge in [-0.05, 0) is 61.8 Å². The Morgan fingerprint density at radius 2 is 1.79 bits per heavy atom. The number of nitrogens with zero attached hydrogens (tertiary/aromatic N) is 1. The van der Waals surface area contributed by atoms with Gasteiger partial charge < -0.3 is 10.2 Å². The molecule has 1 fully saturated rings. The normalized spacial score (nSPS) is 14.6. The van der Waals surface area contributed by atoms with Crippen molar-refractivity contribution in [1.82, 2.24) is 10.2 Å². The SMILES string of the molecule is CCCCNC(=O)c1ccccc1NS(=O)(=O)c1ccc(SC)c(C(=O)N2CCC(C)CC2)c1. The molecule has 0 bridgehead atoms. The van der Waals surface area contributed by atoms with Crippen LogP contribution < -0.4 is 10.0 Å². The largest absolute Gasteiger partial charge is 0.352 e. The van der Waals surface area contributed by atoms with Gasteiger partial charge in [-0.25, -0.2) is 8.42 Å². The van der Waals surface area contributed by atoms with Crippen molar-refractivity contribution >= 4 is 39.3 Å². The molecular formula is C25H33N3O4S2. The summed E-state index contributed by atoms with van der Waals surface area (Å²) in [5.74, 6) is 0.0999. The maximum absolute atomic E-state index is 13.3. The molecule has 0 saturated carbocycles. The molecule has 7 nitrogen and oxygen atoms in total. The third-order valence-electron chi connectivity index (χ3n) is 6.01. The molecule has 0 unspecified atom stereocenters. The number of amides is 2. The van der Waals surface area contributed by atoms with Gasteiger partial charge in [-0.15, -0.1) is 11.8 Å². The number of unbranched alkanes of at least 4 members (excludes halogenated alkanes) is 1. The molecule has 1 aliphatic rings. The number of likely N-dealkylation sites (tertiary alicyclic amines) is 1. The molecule has 0 atom stereocenters. The summed E-state index contributed by atoms with van der Waals surface area (Å²) in [6.07, 6.45) is 5.53. The summed E-state index contributed by atoms with van der Waals surface area (Å²) in [5.41, 5.74) is 0.834. The van der Waals surface area contributed by atoms with Crippen molar-refractivity contribution in [3.63, 3.8) is 0 Å². The maximum atomic E-state index is 13.3. The summed E-state index contributed by atoms with van der Waals surface area (Å²) < 4.78 is 29.1. The predicted molar refractivity (Wildman–Crippen MR) is 137 cm³/mol. The van der Waals surface area contributed by atoms with E-state index in [4.69, 9.17) is 0 Å². The van der Waals surface area contributed by atoms with Crippen LogP contribution >= 0.6 is 11.8 Å². The lowest BCUT2D eigenvalue weighted by Crippen LogP contribution is -2.38. The second-order valence-corrected chi connectivity index (χ2v) is 11.1. The molecule has 1 aliphatic heterocycles. The second kappa shape index (κ2) is 11.8. The van der Waals surface area contributed by atoms with Gasteiger partial charge in [0.2, 0.25) is 0 Å². The first-order valence-electron chi connectivity index (χ1n) is 11.6. The van der Waals surface area contributed by atoms with Gasteiger partial charge >= 0.3 is 0 Å². The van der Waals surface area contributed by atoms with Crippen molar-refractivity contribution in [3.8, 4) is 0 Å². The number of hydrogen-bond donors (Lipinski definition) is 2. The van der Waals surface area contributed by atoms with E-state index in [1.807, 2.05) is 13.2 Å². The molecule has 3 rings (SSSR count). The van der Waals surface area contributed by atoms with E-state index in [2.05, 4.69) is 17.0 Å². The molecule has 2 amide bonds. The van der Waals surface area contributed by atoms with Gasteiger partial charge in [0.1, 0.15) is 0 Å². The third kappa shape index (κ3) is 6.33. The number of nitrogens with one attached hydrogen (secondary N) is 2. The molecule has 0 spiro atoms. The van der Waals surface area contributed by atoms with Gasteiger partial charge in [-0.2, -0.15) is 0 Å². The van der Waals surface area contributed by atoms with Crippen LogP contribution in [0.15, 0.2) is 52.3 Å². The molecule has 0 aliphatic carbocycles. The maximum Gasteiger partial charge on any atom is 0.261 e. The van der Waals surface area contributed by atoms with Gasteiger partial charge in [-0.3, -0.25) is 14.3 Å². The molecular weight excluding hydrogens is 470 g/mol. The molecule has 2 aromatic rings. The van der Waals surface area contributed by atoms with E-state index in [0.29, 0.717) is 31.1 Å². The van der Waals surface area contributed by atoms with Crippen LogP contribution in [0.25, 0.3) is 0 Å². The lowest BCUT2D eigenvalue weighted by Gasteiger charge is -2.30. The van der Waals surface area contributed by atoms with E-state index in [0.717, 1.165) is 30.6 Å². The number of para-hydroxylation sites is 1. The Morgan fingerprint density at radius 1 is 1.09 bits per heavy atom. The Hall–Kier alpha value is -2.52. The van der Waals surface area contributed by atoms with E-state index >= 15 is 0 Å². The number of benzene rings is 2. The zero-order chi connectivity index (χ0) is 24.7. The fraction of sp³-hybridized carbons (Fsp3) is 0.440. The Labute approximate surface area is 206 Å². The van der Waals surface area contributed by atoms with Crippen molar-refractivity contribution < 1.29 is 18.0 Å². The summed E-state index contributed by atoms with van der Waals surface area (Å²) in [6, 6.07) is 11.1. The lowest BCUT2D eigenvalue weighted by atomic mass is 9.98. The van der Waals surface area contributed by atoms with E-state index in [9.17, 15) is 18.0 Å². The highest BCUT2D eigenvalue weighted by Gasteiger charge is 2.26. The minimum atomic E-state index is -4.03. The standard InChI is InChI=1S/C25H33N3O4S2/c1-4-5-14-26-24(29)20-8-6-7-9-22(20)27-34(31,32)19-10-11-23(33-3)21(17-19)25(30)28-15-12-18(2)13-16-28/h6-11,17-18,27H,4-5,12-16H2,1-3H3,(H,26,29). The van der Waals surface area contributed by atoms with Crippen molar-refractivity contribution in [1.29, 1.82) is 0 Å². The smallest absolute Gasteiger partial charge is 0.261 e. The van der Waals surface area contributed by atoms with Crippen LogP contribution in [0.2, 0.25) is 0 Å². The zero-order valence-electron chi connectivity index (χ0n) is 20.0. The highest BCUT2D eigenvalue weighted by Crippen LogP contribution is 2.28. The molecule has 1 heterocycles. The van der Waals surface area contributed by atoms with E-state index in [1.54, 1.807) is 35.2 Å². The Bertz CT molecular complexity index is 1130. The van der Waals surface area contributed by atoms with Crippen molar-refractivity contribution in [2.24, 2.45) is 5.92 Å². The number of carbonyl (C=O) groups excluding carboxylic acids is 2. The molecule has 34 heavy (non-hydrogen) atoms. The van der Waals surface area contributed by atoms with E-state index in [-0.39, 0.29) is 28.0 Å². The minimum absolute atomic E-state index is 0.0137. The van der Waals surface area contributed by atoms with Crippen LogP contribution in [0, 0.1) is 5.92 Å². The fourth-order valence-electron chi connectivity index (χ4n) is 3.85. The van der Waals surface area contributed by atoms with Crippen LogP contribution in [0.1, 0.15) is 60.2 Å². The zero-order valence-corrected chi connectivity index (χ0v) is 21.6.